The third kappa shape index (κ3) is 4.83. The van der Waals surface area contributed by atoms with Crippen LogP contribution in [-0.4, -0.2) is 40.5 Å². The van der Waals surface area contributed by atoms with Gasteiger partial charge in [0, 0.05) is 31.6 Å². The highest BCUT2D eigenvalue weighted by Crippen LogP contribution is 2.09. The Morgan fingerprint density at radius 3 is 2.83 bits per heavy atom. The molecule has 6 heteroatoms. The Hall–Kier alpha value is -1.43. The van der Waals surface area contributed by atoms with E-state index in [1.54, 1.807) is 31.5 Å². The number of hydrogen-bond donors (Lipinski definition) is 1. The summed E-state index contributed by atoms with van der Waals surface area (Å²) in [6.45, 7) is 1.85. The molecule has 0 aromatic carbocycles. The summed E-state index contributed by atoms with van der Waals surface area (Å²) >= 11 is 1.58. The van der Waals surface area contributed by atoms with Gasteiger partial charge in [-0.3, -0.25) is 9.59 Å². The van der Waals surface area contributed by atoms with Gasteiger partial charge in [0.25, 0.3) is 0 Å². The Balaban J connectivity index is 2.25. The van der Waals surface area contributed by atoms with E-state index in [4.69, 9.17) is 5.11 Å². The second-order valence-electron chi connectivity index (χ2n) is 4.29. The lowest BCUT2D eigenvalue weighted by atomic mass is 10.1. The van der Waals surface area contributed by atoms with Gasteiger partial charge < -0.3 is 10.0 Å². The Morgan fingerprint density at radius 1 is 1.56 bits per heavy atom. The Bertz CT molecular complexity index is 392. The largest absolute Gasteiger partial charge is 0.481 e. The van der Waals surface area contributed by atoms with Crippen LogP contribution in [0.4, 0.5) is 0 Å². The highest BCUT2D eigenvalue weighted by molar-refractivity contribution is 7.09. The minimum absolute atomic E-state index is 0.0142. The van der Waals surface area contributed by atoms with Crippen LogP contribution in [-0.2, 0) is 16.0 Å². The second-order valence-corrected chi connectivity index (χ2v) is 5.27. The molecular weight excluding hydrogens is 252 g/mol. The number of carboxylic acid groups (broad SMARTS) is 1. The predicted molar refractivity (Wildman–Crippen MR) is 69.5 cm³/mol. The van der Waals surface area contributed by atoms with Crippen LogP contribution in [0.3, 0.4) is 0 Å². The Morgan fingerprint density at radius 2 is 2.28 bits per heavy atom. The van der Waals surface area contributed by atoms with Gasteiger partial charge in [-0.1, -0.05) is 6.92 Å². The van der Waals surface area contributed by atoms with Crippen molar-refractivity contribution in [1.82, 2.24) is 9.88 Å². The molecule has 1 N–H and O–H groups in total. The third-order valence-electron chi connectivity index (χ3n) is 2.66. The first-order chi connectivity index (χ1) is 8.50. The van der Waals surface area contributed by atoms with Crippen molar-refractivity contribution in [3.05, 3.63) is 16.6 Å². The highest BCUT2D eigenvalue weighted by atomic mass is 32.1. The fourth-order valence-corrected chi connectivity index (χ4v) is 2.21. The summed E-state index contributed by atoms with van der Waals surface area (Å²) in [5.41, 5.74) is 0. The molecule has 0 aliphatic carbocycles. The molecule has 1 aromatic heterocycles. The van der Waals surface area contributed by atoms with Crippen LogP contribution >= 0.6 is 11.3 Å². The van der Waals surface area contributed by atoms with Gasteiger partial charge in [0.1, 0.15) is 0 Å². The normalized spacial score (nSPS) is 12.1. The van der Waals surface area contributed by atoms with E-state index < -0.39 is 11.9 Å². The quantitative estimate of drug-likeness (QED) is 0.817. The van der Waals surface area contributed by atoms with Gasteiger partial charge in [-0.05, 0) is 12.8 Å². The lowest BCUT2D eigenvalue weighted by Gasteiger charge is -2.19. The van der Waals surface area contributed by atoms with E-state index in [2.05, 4.69) is 4.98 Å². The smallest absolute Gasteiger partial charge is 0.308 e. The van der Waals surface area contributed by atoms with Crippen LogP contribution in [0.25, 0.3) is 0 Å². The third-order valence-corrected chi connectivity index (χ3v) is 3.50. The number of nitrogens with zero attached hydrogens (tertiary/aromatic N) is 2. The van der Waals surface area contributed by atoms with Crippen LogP contribution in [0.2, 0.25) is 0 Å². The average molecular weight is 270 g/mol. The summed E-state index contributed by atoms with van der Waals surface area (Å²) < 4.78 is 0. The summed E-state index contributed by atoms with van der Waals surface area (Å²) in [5, 5.41) is 11.7. The van der Waals surface area contributed by atoms with Crippen molar-refractivity contribution in [2.45, 2.75) is 26.2 Å². The van der Waals surface area contributed by atoms with Crippen molar-refractivity contribution in [2.75, 3.05) is 13.6 Å². The molecule has 1 amide bonds. The molecule has 0 radical (unpaired) electrons. The number of thiazole rings is 1. The van der Waals surface area contributed by atoms with Crippen molar-refractivity contribution >= 4 is 23.2 Å². The van der Waals surface area contributed by atoms with Crippen molar-refractivity contribution in [3.8, 4) is 0 Å². The zero-order valence-corrected chi connectivity index (χ0v) is 11.4. The van der Waals surface area contributed by atoms with Gasteiger partial charge in [-0.15, -0.1) is 11.3 Å². The van der Waals surface area contributed by atoms with Crippen LogP contribution in [0.15, 0.2) is 11.6 Å². The van der Waals surface area contributed by atoms with Gasteiger partial charge in [-0.25, -0.2) is 4.98 Å². The monoisotopic (exact) mass is 270 g/mol. The molecule has 1 rings (SSSR count). The van der Waals surface area contributed by atoms with Crippen molar-refractivity contribution in [3.63, 3.8) is 0 Å². The van der Waals surface area contributed by atoms with Gasteiger partial charge >= 0.3 is 5.97 Å². The van der Waals surface area contributed by atoms with Crippen LogP contribution in [0, 0.1) is 5.92 Å². The number of rotatable bonds is 7. The molecule has 1 unspecified atom stereocenters. The topological polar surface area (TPSA) is 70.5 Å². The molecule has 0 fully saturated rings. The van der Waals surface area contributed by atoms with E-state index in [1.165, 1.54) is 4.90 Å². The molecule has 0 spiro atoms. The van der Waals surface area contributed by atoms with Crippen LogP contribution in [0.1, 0.15) is 24.8 Å². The summed E-state index contributed by atoms with van der Waals surface area (Å²) in [6.07, 6.45) is 3.73. The van der Waals surface area contributed by atoms with Crippen LogP contribution in [0.5, 0.6) is 0 Å². The lowest BCUT2D eigenvalue weighted by molar-refractivity contribution is -0.142. The number of aryl methyl sites for hydroxylation is 1. The van der Waals surface area contributed by atoms with E-state index in [-0.39, 0.29) is 12.5 Å². The molecule has 1 heterocycles. The molecule has 5 nitrogen and oxygen atoms in total. The first-order valence-corrected chi connectivity index (χ1v) is 6.73. The van der Waals surface area contributed by atoms with E-state index in [0.717, 1.165) is 17.8 Å². The van der Waals surface area contributed by atoms with Gasteiger partial charge in [0.2, 0.25) is 5.91 Å². The predicted octanol–water partition coefficient (Wildman–Crippen LogP) is 1.64. The molecule has 1 atom stereocenters. The standard InChI is InChI=1S/C12H18N2O3S/c1-9(12(16)17)8-14(2)11(15)5-3-4-10-13-6-7-18-10/h6-7,9H,3-5,8H2,1-2H3,(H,16,17). The zero-order valence-electron chi connectivity index (χ0n) is 10.6. The summed E-state index contributed by atoms with van der Waals surface area (Å²) in [7, 11) is 1.64. The maximum Gasteiger partial charge on any atom is 0.308 e. The molecule has 0 saturated carbocycles. The molecule has 0 bridgehead atoms. The fraction of sp³-hybridized carbons (Fsp3) is 0.583. The molecule has 1 aromatic rings. The Kier molecular flexibility index (Phi) is 5.77. The first kappa shape index (κ1) is 14.6. The average Bonchev–Trinajstić information content (AvgIpc) is 2.81. The van der Waals surface area contributed by atoms with E-state index in [0.29, 0.717) is 6.42 Å². The number of aliphatic carboxylic acids is 1. The maximum atomic E-state index is 11.7. The molecular formula is C12H18N2O3S. The number of carbonyl (C=O) groups is 2. The number of amides is 1. The molecule has 100 valence electrons. The summed E-state index contributed by atoms with van der Waals surface area (Å²) in [6, 6.07) is 0. The van der Waals surface area contributed by atoms with Gasteiger partial charge in [0.15, 0.2) is 0 Å². The number of carboxylic acids is 1. The summed E-state index contributed by atoms with van der Waals surface area (Å²) in [4.78, 5) is 28.1. The minimum atomic E-state index is -0.877. The van der Waals surface area contributed by atoms with Crippen LogP contribution < -0.4 is 0 Å². The lowest BCUT2D eigenvalue weighted by Crippen LogP contribution is -2.33. The number of hydrogen-bond acceptors (Lipinski definition) is 4. The molecule has 0 aliphatic heterocycles. The first-order valence-electron chi connectivity index (χ1n) is 5.86. The highest BCUT2D eigenvalue weighted by Gasteiger charge is 2.16. The molecule has 0 aliphatic rings. The van der Waals surface area contributed by atoms with Crippen molar-refractivity contribution in [2.24, 2.45) is 5.92 Å². The second kappa shape index (κ2) is 7.10. The van der Waals surface area contributed by atoms with Crippen molar-refractivity contribution < 1.29 is 14.7 Å². The zero-order chi connectivity index (χ0) is 13.5. The minimum Gasteiger partial charge on any atom is -0.481 e. The van der Waals surface area contributed by atoms with Gasteiger partial charge in [-0.2, -0.15) is 0 Å². The van der Waals surface area contributed by atoms with E-state index in [1.807, 2.05) is 5.38 Å². The van der Waals surface area contributed by atoms with E-state index >= 15 is 0 Å². The van der Waals surface area contributed by atoms with Gasteiger partial charge in [0.05, 0.1) is 10.9 Å². The number of carbonyl (C=O) groups excluding carboxylic acids is 1. The SMILES string of the molecule is CC(CN(C)C(=O)CCCc1nccs1)C(=O)O. The summed E-state index contributed by atoms with van der Waals surface area (Å²) in [5.74, 6) is -1.42. The Labute approximate surface area is 110 Å². The molecule has 18 heavy (non-hydrogen) atoms. The number of aromatic nitrogens is 1. The van der Waals surface area contributed by atoms with E-state index in [9.17, 15) is 9.59 Å². The van der Waals surface area contributed by atoms with Crippen molar-refractivity contribution in [1.29, 1.82) is 0 Å². The maximum absolute atomic E-state index is 11.7. The fourth-order valence-electron chi connectivity index (χ4n) is 1.55. The molecule has 0 saturated heterocycles.